The Morgan fingerprint density at radius 1 is 0.853 bits per heavy atom. The molecular formula is C24H18Cl2N4O4. The summed E-state index contributed by atoms with van der Waals surface area (Å²) in [5.74, 6) is -2.12. The van der Waals surface area contributed by atoms with Crippen LogP contribution in [0.5, 0.6) is 5.75 Å². The Bertz CT molecular complexity index is 1420. The zero-order chi connectivity index (χ0) is 24.2. The van der Waals surface area contributed by atoms with Crippen molar-refractivity contribution in [2.24, 2.45) is 0 Å². The van der Waals surface area contributed by atoms with Gasteiger partial charge in [0.05, 0.1) is 17.8 Å². The van der Waals surface area contributed by atoms with Gasteiger partial charge in [-0.25, -0.2) is 4.68 Å². The minimum atomic E-state index is -1.01. The fourth-order valence-electron chi connectivity index (χ4n) is 3.33. The van der Waals surface area contributed by atoms with Crippen LogP contribution in [0.4, 0.5) is 11.4 Å². The Balaban J connectivity index is 1.68. The predicted octanol–water partition coefficient (Wildman–Crippen LogP) is 4.92. The van der Waals surface area contributed by atoms with E-state index in [1.54, 1.807) is 72.8 Å². The van der Waals surface area contributed by atoms with Gasteiger partial charge in [0.1, 0.15) is 17.0 Å². The Labute approximate surface area is 204 Å². The number of amides is 3. The third-order valence-electron chi connectivity index (χ3n) is 4.86. The Morgan fingerprint density at radius 2 is 1.62 bits per heavy atom. The lowest BCUT2D eigenvalue weighted by atomic mass is 10.2. The number of aromatic nitrogens is 1. The van der Waals surface area contributed by atoms with Crippen LogP contribution >= 0.6 is 23.2 Å². The fourth-order valence-corrected chi connectivity index (χ4v) is 3.70. The standard InChI is InChI=1S/C24H18Cl2N4O4/c1-34-20-11-4-6-14-12-19(22(31)27-16-8-5-7-15(25)13-16)30(21(14)20)29-24(33)23(32)28-18-10-3-2-9-17(18)26/h2-13H,1H3,(H,27,31)(H,28,32)(H,29,33). The first-order chi connectivity index (χ1) is 16.4. The maximum atomic E-state index is 13.1. The van der Waals surface area contributed by atoms with Gasteiger partial charge in [0.25, 0.3) is 5.91 Å². The van der Waals surface area contributed by atoms with Crippen molar-refractivity contribution in [2.75, 3.05) is 23.2 Å². The zero-order valence-electron chi connectivity index (χ0n) is 17.8. The summed E-state index contributed by atoms with van der Waals surface area (Å²) in [6, 6.07) is 19.9. The van der Waals surface area contributed by atoms with E-state index in [2.05, 4.69) is 16.1 Å². The normalized spacial score (nSPS) is 10.6. The van der Waals surface area contributed by atoms with Crippen LogP contribution in [0.1, 0.15) is 10.5 Å². The van der Waals surface area contributed by atoms with E-state index in [4.69, 9.17) is 27.9 Å². The highest BCUT2D eigenvalue weighted by atomic mass is 35.5. The number of carbonyl (C=O) groups excluding carboxylic acids is 3. The molecule has 0 fully saturated rings. The molecule has 0 aliphatic rings. The quantitative estimate of drug-likeness (QED) is 0.341. The van der Waals surface area contributed by atoms with E-state index < -0.39 is 17.7 Å². The molecule has 0 aliphatic carbocycles. The monoisotopic (exact) mass is 496 g/mol. The Morgan fingerprint density at radius 3 is 2.35 bits per heavy atom. The number of anilines is 2. The van der Waals surface area contributed by atoms with E-state index in [1.807, 2.05) is 0 Å². The van der Waals surface area contributed by atoms with Crippen LogP contribution in [0, 0.1) is 0 Å². The molecule has 10 heteroatoms. The van der Waals surface area contributed by atoms with E-state index in [0.717, 1.165) is 0 Å². The molecule has 172 valence electrons. The van der Waals surface area contributed by atoms with E-state index in [9.17, 15) is 14.4 Å². The van der Waals surface area contributed by atoms with Crippen LogP contribution < -0.4 is 20.8 Å². The highest BCUT2D eigenvalue weighted by Crippen LogP contribution is 2.29. The molecule has 0 radical (unpaired) electrons. The summed E-state index contributed by atoms with van der Waals surface area (Å²) in [5, 5.41) is 6.52. The van der Waals surface area contributed by atoms with Crippen LogP contribution in [-0.2, 0) is 9.59 Å². The highest BCUT2D eigenvalue weighted by molar-refractivity contribution is 6.44. The molecule has 3 aromatic carbocycles. The van der Waals surface area contributed by atoms with Crippen molar-refractivity contribution in [3.8, 4) is 5.75 Å². The van der Waals surface area contributed by atoms with Crippen LogP contribution in [0.15, 0.2) is 72.8 Å². The molecule has 8 nitrogen and oxygen atoms in total. The molecule has 0 atom stereocenters. The zero-order valence-corrected chi connectivity index (χ0v) is 19.3. The van der Waals surface area contributed by atoms with E-state index in [1.165, 1.54) is 11.8 Å². The maximum Gasteiger partial charge on any atom is 0.328 e. The molecule has 3 amide bonds. The van der Waals surface area contributed by atoms with Crippen LogP contribution in [-0.4, -0.2) is 29.5 Å². The molecule has 1 aromatic heterocycles. The summed E-state index contributed by atoms with van der Waals surface area (Å²) in [7, 11) is 1.46. The summed E-state index contributed by atoms with van der Waals surface area (Å²) < 4.78 is 6.62. The number of hydrogen-bond donors (Lipinski definition) is 3. The molecule has 34 heavy (non-hydrogen) atoms. The lowest BCUT2D eigenvalue weighted by Crippen LogP contribution is -2.36. The number of fused-ring (bicyclic) bond motifs is 1. The second kappa shape index (κ2) is 9.86. The summed E-state index contributed by atoms with van der Waals surface area (Å²) in [4.78, 5) is 38.4. The molecule has 4 aromatic rings. The number of halogens is 2. The van der Waals surface area contributed by atoms with Crippen LogP contribution in [0.3, 0.4) is 0 Å². The molecule has 0 saturated carbocycles. The van der Waals surface area contributed by atoms with Gasteiger partial charge in [-0.1, -0.05) is 53.5 Å². The highest BCUT2D eigenvalue weighted by Gasteiger charge is 2.23. The number of benzene rings is 3. The molecule has 0 aliphatic heterocycles. The van der Waals surface area contributed by atoms with Gasteiger partial charge < -0.3 is 15.4 Å². The van der Waals surface area contributed by atoms with Crippen LogP contribution in [0.2, 0.25) is 10.0 Å². The summed E-state index contributed by atoms with van der Waals surface area (Å²) in [5.41, 5.74) is 3.69. The van der Waals surface area contributed by atoms with E-state index in [-0.39, 0.29) is 16.4 Å². The van der Waals surface area contributed by atoms with Crippen molar-refractivity contribution in [3.05, 3.63) is 88.5 Å². The molecule has 3 N–H and O–H groups in total. The lowest BCUT2D eigenvalue weighted by molar-refractivity contribution is -0.133. The Kier molecular flexibility index (Phi) is 6.72. The number of para-hydroxylation sites is 2. The summed E-state index contributed by atoms with van der Waals surface area (Å²) in [6.45, 7) is 0. The van der Waals surface area contributed by atoms with Crippen molar-refractivity contribution in [2.45, 2.75) is 0 Å². The van der Waals surface area contributed by atoms with E-state index >= 15 is 0 Å². The van der Waals surface area contributed by atoms with Gasteiger partial charge >= 0.3 is 11.8 Å². The minimum absolute atomic E-state index is 0.0679. The molecule has 4 rings (SSSR count). The van der Waals surface area contributed by atoms with Crippen molar-refractivity contribution >= 4 is 63.2 Å². The van der Waals surface area contributed by atoms with Crippen molar-refractivity contribution in [1.29, 1.82) is 0 Å². The van der Waals surface area contributed by atoms with Crippen molar-refractivity contribution in [1.82, 2.24) is 4.68 Å². The first-order valence-corrected chi connectivity index (χ1v) is 10.7. The number of methoxy groups -OCH3 is 1. The number of ether oxygens (including phenoxy) is 1. The maximum absolute atomic E-state index is 13.1. The molecule has 0 saturated heterocycles. The third kappa shape index (κ3) is 4.83. The number of hydrogen-bond acceptors (Lipinski definition) is 4. The second-order valence-electron chi connectivity index (χ2n) is 7.10. The van der Waals surface area contributed by atoms with Gasteiger partial charge in [0.15, 0.2) is 0 Å². The molecular weight excluding hydrogens is 479 g/mol. The molecule has 0 bridgehead atoms. The number of nitrogens with one attached hydrogen (secondary N) is 3. The molecule has 0 spiro atoms. The van der Waals surface area contributed by atoms with Gasteiger partial charge in [-0.3, -0.25) is 19.8 Å². The smallest absolute Gasteiger partial charge is 0.328 e. The first-order valence-electron chi connectivity index (χ1n) is 9.99. The van der Waals surface area contributed by atoms with Gasteiger partial charge in [0, 0.05) is 16.1 Å². The van der Waals surface area contributed by atoms with E-state index in [0.29, 0.717) is 27.4 Å². The van der Waals surface area contributed by atoms with Gasteiger partial charge in [0.2, 0.25) is 0 Å². The van der Waals surface area contributed by atoms with Gasteiger partial charge in [-0.15, -0.1) is 0 Å². The van der Waals surface area contributed by atoms with Gasteiger partial charge in [-0.05, 0) is 42.5 Å². The molecule has 0 unspecified atom stereocenters. The lowest BCUT2D eigenvalue weighted by Gasteiger charge is -2.14. The Hall–Kier alpha value is -4.01. The summed E-state index contributed by atoms with van der Waals surface area (Å²) in [6.07, 6.45) is 0. The first kappa shape index (κ1) is 23.2. The third-order valence-corrected chi connectivity index (χ3v) is 5.43. The average molecular weight is 497 g/mol. The predicted molar refractivity (Wildman–Crippen MR) is 132 cm³/mol. The average Bonchev–Trinajstić information content (AvgIpc) is 3.19. The summed E-state index contributed by atoms with van der Waals surface area (Å²) >= 11 is 12.1. The van der Waals surface area contributed by atoms with Crippen molar-refractivity contribution < 1.29 is 19.1 Å². The van der Waals surface area contributed by atoms with Crippen LogP contribution in [0.25, 0.3) is 10.9 Å². The second-order valence-corrected chi connectivity index (χ2v) is 7.95. The molecule has 1 heterocycles. The topological polar surface area (TPSA) is 101 Å². The largest absolute Gasteiger partial charge is 0.494 e. The minimum Gasteiger partial charge on any atom is -0.494 e. The SMILES string of the molecule is COc1cccc2cc(C(=O)Nc3cccc(Cl)c3)n(NC(=O)C(=O)Nc3ccccc3Cl)c12. The number of rotatable bonds is 5. The van der Waals surface area contributed by atoms with Gasteiger partial charge in [-0.2, -0.15) is 0 Å². The number of nitrogens with zero attached hydrogens (tertiary/aromatic N) is 1. The van der Waals surface area contributed by atoms with Crippen molar-refractivity contribution in [3.63, 3.8) is 0 Å². The fraction of sp³-hybridized carbons (Fsp3) is 0.0417. The number of carbonyl (C=O) groups is 3.